The second-order valence-electron chi connectivity index (χ2n) is 10.5. The van der Waals surface area contributed by atoms with Crippen molar-refractivity contribution in [3.05, 3.63) is 102 Å². The SMILES string of the molecule is CCCN(C)Cc1ncc(-c2ccc(-c3ccc(-c4noc(CN(CCC)C(=O)Cc5ccccc5)n4)cc3)cc2)s1. The summed E-state index contributed by atoms with van der Waals surface area (Å²) in [6, 6.07) is 26.5. The van der Waals surface area contributed by atoms with Crippen molar-refractivity contribution in [2.75, 3.05) is 20.1 Å². The van der Waals surface area contributed by atoms with Crippen LogP contribution in [-0.4, -0.2) is 51.0 Å². The van der Waals surface area contributed by atoms with Crippen LogP contribution in [0.2, 0.25) is 0 Å². The van der Waals surface area contributed by atoms with Crippen LogP contribution in [-0.2, 0) is 24.3 Å². The first kappa shape index (κ1) is 29.4. The van der Waals surface area contributed by atoms with Crippen molar-refractivity contribution in [2.45, 2.75) is 46.2 Å². The summed E-state index contributed by atoms with van der Waals surface area (Å²) in [7, 11) is 2.14. The van der Waals surface area contributed by atoms with E-state index >= 15 is 0 Å². The zero-order chi connectivity index (χ0) is 29.3. The molecule has 5 rings (SSSR count). The molecule has 0 aliphatic heterocycles. The predicted molar refractivity (Wildman–Crippen MR) is 169 cm³/mol. The number of aromatic nitrogens is 3. The van der Waals surface area contributed by atoms with Gasteiger partial charge < -0.3 is 9.42 Å². The highest BCUT2D eigenvalue weighted by atomic mass is 32.1. The summed E-state index contributed by atoms with van der Waals surface area (Å²) in [6.07, 6.45) is 4.32. The average Bonchev–Trinajstić information content (AvgIpc) is 3.68. The fourth-order valence-electron chi connectivity index (χ4n) is 4.89. The molecular formula is C34H37N5O2S. The second-order valence-corrected chi connectivity index (χ2v) is 11.6. The lowest BCUT2D eigenvalue weighted by molar-refractivity contribution is -0.131. The third-order valence-corrected chi connectivity index (χ3v) is 8.08. The van der Waals surface area contributed by atoms with E-state index in [0.29, 0.717) is 31.2 Å². The topological polar surface area (TPSA) is 75.4 Å². The number of amides is 1. The van der Waals surface area contributed by atoms with E-state index in [0.717, 1.165) is 53.2 Å². The molecule has 0 unspecified atom stereocenters. The van der Waals surface area contributed by atoms with Crippen LogP contribution in [0.15, 0.2) is 89.6 Å². The Labute approximate surface area is 251 Å². The highest BCUT2D eigenvalue weighted by Gasteiger charge is 2.18. The van der Waals surface area contributed by atoms with Gasteiger partial charge in [-0.25, -0.2) is 4.98 Å². The van der Waals surface area contributed by atoms with Crippen molar-refractivity contribution >= 4 is 17.2 Å². The Balaban J connectivity index is 1.21. The highest BCUT2D eigenvalue weighted by molar-refractivity contribution is 7.15. The van der Waals surface area contributed by atoms with Crippen LogP contribution in [0, 0.1) is 0 Å². The summed E-state index contributed by atoms with van der Waals surface area (Å²) >= 11 is 1.75. The molecule has 0 bridgehead atoms. The van der Waals surface area contributed by atoms with Crippen LogP contribution in [0.25, 0.3) is 33.0 Å². The lowest BCUT2D eigenvalue weighted by Crippen LogP contribution is -2.32. The van der Waals surface area contributed by atoms with E-state index in [-0.39, 0.29) is 5.91 Å². The summed E-state index contributed by atoms with van der Waals surface area (Å²) in [5.74, 6) is 1.00. The van der Waals surface area contributed by atoms with Gasteiger partial charge in [0.2, 0.25) is 17.6 Å². The number of hydrogen-bond acceptors (Lipinski definition) is 7. The van der Waals surface area contributed by atoms with Gasteiger partial charge in [0.05, 0.1) is 24.4 Å². The van der Waals surface area contributed by atoms with Crippen molar-refractivity contribution in [1.29, 1.82) is 0 Å². The lowest BCUT2D eigenvalue weighted by atomic mass is 10.0. The maximum atomic E-state index is 13.0. The number of nitrogens with zero attached hydrogens (tertiary/aromatic N) is 5. The Bertz CT molecular complexity index is 1560. The first-order chi connectivity index (χ1) is 20.5. The van der Waals surface area contributed by atoms with E-state index < -0.39 is 0 Å². The molecule has 0 N–H and O–H groups in total. The van der Waals surface area contributed by atoms with Crippen LogP contribution in [0.3, 0.4) is 0 Å². The molecule has 0 saturated carbocycles. The standard InChI is InChI=1S/C34H37N5O2S/c1-4-19-38(3)24-32-35-22-30(42-32)28-15-11-26(12-16-28)27-13-17-29(18-14-27)34-36-31(41-37-34)23-39(20-5-2)33(40)21-25-9-7-6-8-10-25/h6-18,22H,4-5,19-21,23-24H2,1-3H3. The molecule has 0 fully saturated rings. The minimum absolute atomic E-state index is 0.0496. The van der Waals surface area contributed by atoms with Crippen LogP contribution in [0.5, 0.6) is 0 Å². The van der Waals surface area contributed by atoms with E-state index in [1.807, 2.05) is 48.7 Å². The summed E-state index contributed by atoms with van der Waals surface area (Å²) in [5.41, 5.74) is 5.29. The van der Waals surface area contributed by atoms with Gasteiger partial charge in [-0.1, -0.05) is 97.9 Å². The Kier molecular flexibility index (Phi) is 9.90. The van der Waals surface area contributed by atoms with E-state index in [1.54, 1.807) is 16.2 Å². The first-order valence-corrected chi connectivity index (χ1v) is 15.3. The number of thiazole rings is 1. The molecule has 0 saturated heterocycles. The molecule has 7 nitrogen and oxygen atoms in total. The molecule has 216 valence electrons. The van der Waals surface area contributed by atoms with Gasteiger partial charge in [-0.3, -0.25) is 9.69 Å². The quantitative estimate of drug-likeness (QED) is 0.145. The minimum atomic E-state index is 0.0496. The second kappa shape index (κ2) is 14.2. The largest absolute Gasteiger partial charge is 0.337 e. The number of carbonyl (C=O) groups excluding carboxylic acids is 1. The Hall–Kier alpha value is -4.14. The zero-order valence-corrected chi connectivity index (χ0v) is 25.3. The average molecular weight is 580 g/mol. The molecule has 3 aromatic carbocycles. The van der Waals surface area contributed by atoms with Crippen LogP contribution < -0.4 is 0 Å². The van der Waals surface area contributed by atoms with Gasteiger partial charge in [0.1, 0.15) is 5.01 Å². The smallest absolute Gasteiger partial charge is 0.246 e. The number of benzene rings is 3. The van der Waals surface area contributed by atoms with Crippen molar-refractivity contribution in [3.63, 3.8) is 0 Å². The van der Waals surface area contributed by atoms with Crippen LogP contribution in [0.4, 0.5) is 0 Å². The third kappa shape index (κ3) is 7.57. The number of rotatable bonds is 13. The first-order valence-electron chi connectivity index (χ1n) is 14.5. The molecule has 0 atom stereocenters. The minimum Gasteiger partial charge on any atom is -0.337 e. The van der Waals surface area contributed by atoms with E-state index in [1.165, 1.54) is 10.4 Å². The Morgan fingerprint density at radius 3 is 2.12 bits per heavy atom. The van der Waals surface area contributed by atoms with Gasteiger partial charge in [0, 0.05) is 18.3 Å². The van der Waals surface area contributed by atoms with Crippen molar-refractivity contribution < 1.29 is 9.32 Å². The molecular weight excluding hydrogens is 542 g/mol. The van der Waals surface area contributed by atoms with E-state index in [4.69, 9.17) is 4.52 Å². The van der Waals surface area contributed by atoms with E-state index in [9.17, 15) is 4.79 Å². The molecule has 0 aliphatic carbocycles. The number of hydrogen-bond donors (Lipinski definition) is 0. The van der Waals surface area contributed by atoms with Gasteiger partial charge in [-0.05, 0) is 48.7 Å². The molecule has 5 aromatic rings. The maximum absolute atomic E-state index is 13.0. The van der Waals surface area contributed by atoms with Gasteiger partial charge in [0.15, 0.2) is 0 Å². The third-order valence-electron chi connectivity index (χ3n) is 7.05. The van der Waals surface area contributed by atoms with Crippen LogP contribution >= 0.6 is 11.3 Å². The fourth-order valence-corrected chi connectivity index (χ4v) is 5.89. The summed E-state index contributed by atoms with van der Waals surface area (Å²) in [6.45, 7) is 7.14. The molecule has 1 amide bonds. The number of carbonyl (C=O) groups is 1. The summed E-state index contributed by atoms with van der Waals surface area (Å²) in [5, 5.41) is 5.33. The van der Waals surface area contributed by atoms with Crippen molar-refractivity contribution in [1.82, 2.24) is 24.9 Å². The van der Waals surface area contributed by atoms with Gasteiger partial charge in [-0.2, -0.15) is 4.98 Å². The van der Waals surface area contributed by atoms with Gasteiger partial charge >= 0.3 is 0 Å². The molecule has 2 aromatic heterocycles. The molecule has 0 aliphatic rings. The molecule has 0 spiro atoms. The fraction of sp³-hybridized carbons (Fsp3) is 0.294. The maximum Gasteiger partial charge on any atom is 0.246 e. The predicted octanol–water partition coefficient (Wildman–Crippen LogP) is 7.35. The molecule has 8 heteroatoms. The van der Waals surface area contributed by atoms with E-state index in [2.05, 4.69) is 77.3 Å². The lowest BCUT2D eigenvalue weighted by Gasteiger charge is -2.20. The molecule has 0 radical (unpaired) electrons. The Morgan fingerprint density at radius 1 is 0.810 bits per heavy atom. The normalized spacial score (nSPS) is 11.2. The van der Waals surface area contributed by atoms with Gasteiger partial charge in [0.25, 0.3) is 0 Å². The molecule has 42 heavy (non-hydrogen) atoms. The zero-order valence-electron chi connectivity index (χ0n) is 24.5. The van der Waals surface area contributed by atoms with Crippen molar-refractivity contribution in [2.24, 2.45) is 0 Å². The van der Waals surface area contributed by atoms with Crippen LogP contribution in [0.1, 0.15) is 43.2 Å². The summed E-state index contributed by atoms with van der Waals surface area (Å²) in [4.78, 5) is 27.4. The summed E-state index contributed by atoms with van der Waals surface area (Å²) < 4.78 is 5.54. The van der Waals surface area contributed by atoms with Crippen molar-refractivity contribution in [3.8, 4) is 33.0 Å². The Morgan fingerprint density at radius 2 is 1.45 bits per heavy atom. The monoisotopic (exact) mass is 579 g/mol. The van der Waals surface area contributed by atoms with Gasteiger partial charge in [-0.15, -0.1) is 11.3 Å². The molecule has 2 heterocycles. The highest BCUT2D eigenvalue weighted by Crippen LogP contribution is 2.30.